The molecule has 0 unspecified atom stereocenters. The van der Waals surface area contributed by atoms with Crippen LogP contribution in [0.5, 0.6) is 5.75 Å². The molecule has 138 valence electrons. The van der Waals surface area contributed by atoms with Crippen LogP contribution in [0.3, 0.4) is 0 Å². The number of ether oxygens (including phenoxy) is 1. The maximum Gasteiger partial charge on any atom is 0.210 e. The van der Waals surface area contributed by atoms with Gasteiger partial charge in [-0.2, -0.15) is 0 Å². The fourth-order valence-electron chi connectivity index (χ4n) is 2.78. The van der Waals surface area contributed by atoms with Gasteiger partial charge in [-0.1, -0.05) is 30.0 Å². The van der Waals surface area contributed by atoms with Gasteiger partial charge in [0.05, 0.1) is 16.0 Å². The number of para-hydroxylation sites is 1. The average Bonchev–Trinajstić information content (AvgIpc) is 3.20. The van der Waals surface area contributed by atoms with Gasteiger partial charge in [-0.3, -0.25) is 0 Å². The van der Waals surface area contributed by atoms with Crippen LogP contribution in [0.2, 0.25) is 0 Å². The summed E-state index contributed by atoms with van der Waals surface area (Å²) in [6.45, 7) is 4.36. The summed E-state index contributed by atoms with van der Waals surface area (Å²) in [6.07, 6.45) is 0. The van der Waals surface area contributed by atoms with E-state index >= 15 is 0 Å². The van der Waals surface area contributed by atoms with E-state index in [4.69, 9.17) is 10.6 Å². The lowest BCUT2D eigenvalue weighted by atomic mass is 10.1. The molecule has 2 aromatic carbocycles. The molecule has 4 rings (SSSR count). The summed E-state index contributed by atoms with van der Waals surface area (Å²) in [5, 5.41) is 10.0. The second-order valence-corrected chi connectivity index (χ2v) is 8.30. The largest absolute Gasteiger partial charge is 0.486 e. The maximum absolute atomic E-state index is 6.14. The highest BCUT2D eigenvalue weighted by Crippen LogP contribution is 2.27. The van der Waals surface area contributed by atoms with E-state index in [-0.39, 0.29) is 6.61 Å². The average molecular weight is 398 g/mol. The Balaban J connectivity index is 1.40. The van der Waals surface area contributed by atoms with Gasteiger partial charge in [0.15, 0.2) is 5.82 Å². The molecule has 2 heterocycles. The van der Waals surface area contributed by atoms with E-state index in [1.807, 2.05) is 44.2 Å². The first-order chi connectivity index (χ1) is 13.1. The summed E-state index contributed by atoms with van der Waals surface area (Å²) in [4.78, 5) is 4.63. The van der Waals surface area contributed by atoms with Crippen molar-refractivity contribution in [3.63, 3.8) is 0 Å². The van der Waals surface area contributed by atoms with Crippen molar-refractivity contribution >= 4 is 33.3 Å². The number of aromatic nitrogens is 4. The quantitative estimate of drug-likeness (QED) is 0.390. The zero-order valence-corrected chi connectivity index (χ0v) is 16.7. The monoisotopic (exact) mass is 397 g/mol. The number of rotatable bonds is 6. The van der Waals surface area contributed by atoms with Gasteiger partial charge >= 0.3 is 0 Å². The van der Waals surface area contributed by atoms with Gasteiger partial charge in [0.1, 0.15) is 17.4 Å². The zero-order chi connectivity index (χ0) is 18.8. The van der Waals surface area contributed by atoms with Crippen molar-refractivity contribution in [1.29, 1.82) is 0 Å². The van der Waals surface area contributed by atoms with Gasteiger partial charge in [0.25, 0.3) is 0 Å². The second kappa shape index (κ2) is 7.58. The summed E-state index contributed by atoms with van der Waals surface area (Å²) < 4.78 is 8.50. The Morgan fingerprint density at radius 2 is 1.89 bits per heavy atom. The van der Waals surface area contributed by atoms with Crippen LogP contribution in [0.15, 0.2) is 47.6 Å². The first-order valence-electron chi connectivity index (χ1n) is 8.46. The van der Waals surface area contributed by atoms with E-state index in [9.17, 15) is 0 Å². The van der Waals surface area contributed by atoms with E-state index in [0.717, 1.165) is 27.4 Å². The number of hydrogen-bond acceptors (Lipinski definition) is 7. The third-order valence-corrected chi connectivity index (χ3v) is 6.13. The molecule has 27 heavy (non-hydrogen) atoms. The van der Waals surface area contributed by atoms with Gasteiger partial charge in [-0.05, 0) is 49.2 Å². The molecule has 0 spiro atoms. The standard InChI is InChI=1S/C19H19N5OS2/c1-12-7-13(2)9-14(8-12)25-10-17-22-23-19(24(17)20)26-11-18-21-15-5-3-4-6-16(15)27-18/h3-9H,10-11,20H2,1-2H3. The summed E-state index contributed by atoms with van der Waals surface area (Å²) in [6, 6.07) is 14.2. The van der Waals surface area contributed by atoms with Crippen molar-refractivity contribution in [2.45, 2.75) is 31.4 Å². The molecule has 8 heteroatoms. The van der Waals surface area contributed by atoms with E-state index < -0.39 is 0 Å². The van der Waals surface area contributed by atoms with Crippen molar-refractivity contribution in [1.82, 2.24) is 19.9 Å². The van der Waals surface area contributed by atoms with Crippen LogP contribution >= 0.6 is 23.1 Å². The van der Waals surface area contributed by atoms with Gasteiger partial charge in [0, 0.05) is 0 Å². The molecule has 2 N–H and O–H groups in total. The fourth-order valence-corrected chi connectivity index (χ4v) is 4.61. The molecule has 0 aliphatic heterocycles. The Kier molecular flexibility index (Phi) is 5.00. The summed E-state index contributed by atoms with van der Waals surface area (Å²) in [7, 11) is 0. The molecule has 0 radical (unpaired) electrons. The molecule has 4 aromatic rings. The highest BCUT2D eigenvalue weighted by atomic mass is 32.2. The molecule has 0 saturated carbocycles. The molecule has 0 atom stereocenters. The molecular formula is C19H19N5OS2. The van der Waals surface area contributed by atoms with Crippen LogP contribution in [0.25, 0.3) is 10.2 Å². The summed E-state index contributed by atoms with van der Waals surface area (Å²) in [5.41, 5.74) is 3.34. The van der Waals surface area contributed by atoms with Crippen molar-refractivity contribution < 1.29 is 4.74 Å². The second-order valence-electron chi connectivity index (χ2n) is 6.24. The Bertz CT molecular complexity index is 1040. The summed E-state index contributed by atoms with van der Waals surface area (Å²) in [5.74, 6) is 8.23. The van der Waals surface area contributed by atoms with Crippen molar-refractivity contribution in [2.24, 2.45) is 0 Å². The molecule has 0 aliphatic carbocycles. The number of thioether (sulfide) groups is 1. The minimum Gasteiger partial charge on any atom is -0.486 e. The number of thiazole rings is 1. The molecule has 0 aliphatic rings. The van der Waals surface area contributed by atoms with Crippen molar-refractivity contribution in [3.05, 3.63) is 64.4 Å². The molecule has 6 nitrogen and oxygen atoms in total. The number of aryl methyl sites for hydroxylation is 2. The maximum atomic E-state index is 6.14. The van der Waals surface area contributed by atoms with Gasteiger partial charge in [-0.15, -0.1) is 21.5 Å². The van der Waals surface area contributed by atoms with Crippen LogP contribution < -0.4 is 10.6 Å². The minimum atomic E-state index is 0.272. The van der Waals surface area contributed by atoms with E-state index in [2.05, 4.69) is 27.3 Å². The third-order valence-electron chi connectivity index (χ3n) is 3.96. The SMILES string of the molecule is Cc1cc(C)cc(OCc2nnc(SCc3nc4ccccc4s3)n2N)c1. The third kappa shape index (κ3) is 4.06. The smallest absolute Gasteiger partial charge is 0.210 e. The molecular weight excluding hydrogens is 378 g/mol. The number of nitrogens with two attached hydrogens (primary N) is 1. The van der Waals surface area contributed by atoms with Crippen LogP contribution in [-0.4, -0.2) is 19.9 Å². The van der Waals surface area contributed by atoms with Gasteiger partial charge < -0.3 is 10.6 Å². The lowest BCUT2D eigenvalue weighted by molar-refractivity contribution is 0.291. The van der Waals surface area contributed by atoms with Crippen molar-refractivity contribution in [2.75, 3.05) is 5.84 Å². The van der Waals surface area contributed by atoms with Gasteiger partial charge in [0.2, 0.25) is 5.16 Å². The van der Waals surface area contributed by atoms with E-state index in [1.54, 1.807) is 11.3 Å². The normalized spacial score (nSPS) is 11.2. The highest BCUT2D eigenvalue weighted by Gasteiger charge is 2.13. The first-order valence-corrected chi connectivity index (χ1v) is 10.3. The predicted molar refractivity (Wildman–Crippen MR) is 110 cm³/mol. The number of fused-ring (bicyclic) bond motifs is 1. The first kappa shape index (κ1) is 17.8. The van der Waals surface area contributed by atoms with E-state index in [0.29, 0.717) is 16.7 Å². The number of nitrogen functional groups attached to an aromatic ring is 1. The molecule has 0 amide bonds. The topological polar surface area (TPSA) is 78.9 Å². The predicted octanol–water partition coefficient (Wildman–Crippen LogP) is 4.09. The molecule has 0 saturated heterocycles. The molecule has 0 bridgehead atoms. The summed E-state index contributed by atoms with van der Waals surface area (Å²) >= 11 is 3.20. The molecule has 0 fully saturated rings. The van der Waals surface area contributed by atoms with Crippen LogP contribution in [0.4, 0.5) is 0 Å². The van der Waals surface area contributed by atoms with Crippen LogP contribution in [0, 0.1) is 13.8 Å². The highest BCUT2D eigenvalue weighted by molar-refractivity contribution is 7.98. The Morgan fingerprint density at radius 1 is 1.11 bits per heavy atom. The van der Waals surface area contributed by atoms with Crippen LogP contribution in [-0.2, 0) is 12.4 Å². The molecule has 2 aromatic heterocycles. The number of benzene rings is 2. The fraction of sp³-hybridized carbons (Fsp3) is 0.211. The van der Waals surface area contributed by atoms with E-state index in [1.165, 1.54) is 21.1 Å². The number of hydrogen-bond donors (Lipinski definition) is 1. The van der Waals surface area contributed by atoms with Crippen LogP contribution in [0.1, 0.15) is 22.0 Å². The zero-order valence-electron chi connectivity index (χ0n) is 15.0. The Hall–Kier alpha value is -2.58. The minimum absolute atomic E-state index is 0.272. The Morgan fingerprint density at radius 3 is 2.67 bits per heavy atom. The van der Waals surface area contributed by atoms with Gasteiger partial charge in [-0.25, -0.2) is 9.66 Å². The lowest BCUT2D eigenvalue weighted by Gasteiger charge is -2.08. The lowest BCUT2D eigenvalue weighted by Crippen LogP contribution is -2.15. The Labute approximate surface area is 165 Å². The number of nitrogens with zero attached hydrogens (tertiary/aromatic N) is 4. The van der Waals surface area contributed by atoms with Crippen molar-refractivity contribution in [3.8, 4) is 5.75 Å².